The summed E-state index contributed by atoms with van der Waals surface area (Å²) >= 11 is 0. The second kappa shape index (κ2) is 6.80. The largest absolute Gasteiger partial charge is 0.354 e. The molecular weight excluding hydrogens is 274 g/mol. The van der Waals surface area contributed by atoms with Gasteiger partial charge >= 0.3 is 0 Å². The summed E-state index contributed by atoms with van der Waals surface area (Å²) in [6.45, 7) is 9.03. The minimum atomic E-state index is 0.121. The molecule has 4 nitrogen and oxygen atoms in total. The second-order valence-electron chi connectivity index (χ2n) is 6.79. The predicted octanol–water partition coefficient (Wildman–Crippen LogP) is 1.40. The number of carbonyl (C=O) groups is 1. The lowest BCUT2D eigenvalue weighted by Gasteiger charge is -2.35. The zero-order chi connectivity index (χ0) is 15.5. The van der Waals surface area contributed by atoms with Crippen LogP contribution < -0.4 is 10.6 Å². The molecule has 1 saturated heterocycles. The lowest BCUT2D eigenvalue weighted by Crippen LogP contribution is -2.51. The first-order valence-corrected chi connectivity index (χ1v) is 8.44. The smallest absolute Gasteiger partial charge is 0.223 e. The first kappa shape index (κ1) is 15.5. The third kappa shape index (κ3) is 3.33. The Morgan fingerprint density at radius 3 is 2.73 bits per heavy atom. The van der Waals surface area contributed by atoms with Crippen molar-refractivity contribution in [3.05, 3.63) is 35.4 Å². The molecule has 2 aliphatic heterocycles. The fraction of sp³-hybridized carbons (Fsp3) is 0.611. The molecule has 3 rings (SSSR count). The Bertz CT molecular complexity index is 527. The summed E-state index contributed by atoms with van der Waals surface area (Å²) < 4.78 is 0. The van der Waals surface area contributed by atoms with E-state index in [0.717, 1.165) is 39.1 Å². The number of nitrogens with one attached hydrogen (secondary N) is 2. The highest BCUT2D eigenvalue weighted by Gasteiger charge is 2.29. The zero-order valence-corrected chi connectivity index (χ0v) is 13.6. The fourth-order valence-corrected chi connectivity index (χ4v) is 3.31. The highest BCUT2D eigenvalue weighted by Crippen LogP contribution is 2.20. The average Bonchev–Trinajstić information content (AvgIpc) is 2.50. The van der Waals surface area contributed by atoms with E-state index in [2.05, 4.69) is 46.7 Å². The molecule has 0 aliphatic carbocycles. The molecule has 120 valence electrons. The molecule has 1 aromatic carbocycles. The third-order valence-corrected chi connectivity index (χ3v) is 5.29. The molecule has 0 radical (unpaired) electrons. The zero-order valence-electron chi connectivity index (χ0n) is 13.6. The summed E-state index contributed by atoms with van der Waals surface area (Å²) in [5, 5.41) is 6.38. The van der Waals surface area contributed by atoms with E-state index < -0.39 is 0 Å². The molecule has 2 atom stereocenters. The third-order valence-electron chi connectivity index (χ3n) is 5.29. The van der Waals surface area contributed by atoms with Crippen LogP contribution in [0.1, 0.15) is 25.0 Å². The molecule has 2 unspecified atom stereocenters. The van der Waals surface area contributed by atoms with Crippen LogP contribution in [0.4, 0.5) is 0 Å². The fourth-order valence-electron chi connectivity index (χ4n) is 3.31. The molecule has 1 aromatic rings. The Labute approximate surface area is 133 Å². The van der Waals surface area contributed by atoms with Gasteiger partial charge < -0.3 is 10.6 Å². The first-order valence-electron chi connectivity index (χ1n) is 8.44. The summed E-state index contributed by atoms with van der Waals surface area (Å²) in [7, 11) is 0. The molecule has 1 amide bonds. The summed E-state index contributed by atoms with van der Waals surface area (Å²) in [4.78, 5) is 14.7. The van der Waals surface area contributed by atoms with Crippen LogP contribution in [0.5, 0.6) is 0 Å². The van der Waals surface area contributed by atoms with Gasteiger partial charge in [0.2, 0.25) is 5.91 Å². The predicted molar refractivity (Wildman–Crippen MR) is 88.6 cm³/mol. The Morgan fingerprint density at radius 2 is 2.05 bits per heavy atom. The van der Waals surface area contributed by atoms with Crippen molar-refractivity contribution in [3.63, 3.8) is 0 Å². The van der Waals surface area contributed by atoms with Crippen LogP contribution in [-0.4, -0.2) is 43.0 Å². The van der Waals surface area contributed by atoms with Crippen molar-refractivity contribution in [2.24, 2.45) is 11.8 Å². The van der Waals surface area contributed by atoms with E-state index in [4.69, 9.17) is 0 Å². The van der Waals surface area contributed by atoms with Gasteiger partial charge in [-0.1, -0.05) is 31.2 Å². The van der Waals surface area contributed by atoms with E-state index in [1.165, 1.54) is 11.1 Å². The van der Waals surface area contributed by atoms with Crippen molar-refractivity contribution in [3.8, 4) is 0 Å². The first-order chi connectivity index (χ1) is 10.6. The van der Waals surface area contributed by atoms with Crippen molar-refractivity contribution in [2.75, 3.05) is 26.2 Å². The summed E-state index contributed by atoms with van der Waals surface area (Å²) in [6, 6.07) is 9.06. The number of nitrogens with zero attached hydrogens (tertiary/aromatic N) is 1. The Morgan fingerprint density at radius 1 is 1.32 bits per heavy atom. The lowest BCUT2D eigenvalue weighted by molar-refractivity contribution is -0.126. The monoisotopic (exact) mass is 301 g/mol. The molecular formula is C18H27N3O. The average molecular weight is 301 g/mol. The number of hydrogen-bond acceptors (Lipinski definition) is 3. The van der Waals surface area contributed by atoms with Gasteiger partial charge in [0, 0.05) is 31.6 Å². The summed E-state index contributed by atoms with van der Waals surface area (Å²) in [6.07, 6.45) is 1.11. The lowest BCUT2D eigenvalue weighted by atomic mass is 9.88. The van der Waals surface area contributed by atoms with Gasteiger partial charge in [-0.3, -0.25) is 9.69 Å². The van der Waals surface area contributed by atoms with Crippen molar-refractivity contribution in [2.45, 2.75) is 32.9 Å². The van der Waals surface area contributed by atoms with E-state index in [9.17, 15) is 4.79 Å². The van der Waals surface area contributed by atoms with Crippen LogP contribution >= 0.6 is 0 Å². The minimum Gasteiger partial charge on any atom is -0.354 e. The van der Waals surface area contributed by atoms with Crippen molar-refractivity contribution < 1.29 is 4.79 Å². The molecule has 0 aromatic heterocycles. The maximum absolute atomic E-state index is 12.2. The van der Waals surface area contributed by atoms with Gasteiger partial charge in [-0.05, 0) is 43.5 Å². The van der Waals surface area contributed by atoms with E-state index in [1.807, 2.05) is 6.92 Å². The van der Waals surface area contributed by atoms with Gasteiger partial charge in [0.15, 0.2) is 0 Å². The molecule has 1 fully saturated rings. The molecule has 0 saturated carbocycles. The van der Waals surface area contributed by atoms with Gasteiger partial charge in [-0.15, -0.1) is 0 Å². The number of benzene rings is 1. The molecule has 22 heavy (non-hydrogen) atoms. The van der Waals surface area contributed by atoms with Gasteiger partial charge in [-0.2, -0.15) is 0 Å². The molecule has 2 N–H and O–H groups in total. The van der Waals surface area contributed by atoms with Gasteiger partial charge in [0.05, 0.1) is 0 Å². The Kier molecular flexibility index (Phi) is 4.79. The van der Waals surface area contributed by atoms with Crippen LogP contribution in [0.2, 0.25) is 0 Å². The number of carbonyl (C=O) groups excluding carboxylic acids is 1. The maximum atomic E-state index is 12.2. The van der Waals surface area contributed by atoms with E-state index in [1.54, 1.807) is 0 Å². The Hall–Kier alpha value is -1.39. The minimum absolute atomic E-state index is 0.121. The van der Waals surface area contributed by atoms with Crippen LogP contribution in [0.3, 0.4) is 0 Å². The quantitative estimate of drug-likeness (QED) is 0.864. The molecule has 2 aliphatic rings. The molecule has 4 heteroatoms. The second-order valence-corrected chi connectivity index (χ2v) is 6.79. The van der Waals surface area contributed by atoms with Gasteiger partial charge in [0.1, 0.15) is 0 Å². The van der Waals surface area contributed by atoms with Crippen LogP contribution in [0, 0.1) is 11.8 Å². The highest BCUT2D eigenvalue weighted by atomic mass is 16.1. The molecule has 2 heterocycles. The normalized spacial score (nSPS) is 21.5. The van der Waals surface area contributed by atoms with Gasteiger partial charge in [0.25, 0.3) is 0 Å². The van der Waals surface area contributed by atoms with Crippen molar-refractivity contribution in [1.29, 1.82) is 0 Å². The number of rotatable bonds is 5. The van der Waals surface area contributed by atoms with Crippen molar-refractivity contribution >= 4 is 5.91 Å². The summed E-state index contributed by atoms with van der Waals surface area (Å²) in [5.74, 6) is 0.837. The van der Waals surface area contributed by atoms with E-state index in [-0.39, 0.29) is 11.8 Å². The SMILES string of the molecule is CC(C(=O)NCC(C)N1CCc2ccccc2C1)C1CNC1. The van der Waals surface area contributed by atoms with Crippen LogP contribution in [-0.2, 0) is 17.8 Å². The van der Waals surface area contributed by atoms with Crippen LogP contribution in [0.25, 0.3) is 0 Å². The van der Waals surface area contributed by atoms with Gasteiger partial charge in [-0.25, -0.2) is 0 Å². The van der Waals surface area contributed by atoms with Crippen LogP contribution in [0.15, 0.2) is 24.3 Å². The van der Waals surface area contributed by atoms with E-state index >= 15 is 0 Å². The topological polar surface area (TPSA) is 44.4 Å². The van der Waals surface area contributed by atoms with Crippen molar-refractivity contribution in [1.82, 2.24) is 15.5 Å². The number of hydrogen-bond donors (Lipinski definition) is 2. The Balaban J connectivity index is 1.48. The molecule has 0 spiro atoms. The molecule has 0 bridgehead atoms. The highest BCUT2D eigenvalue weighted by molar-refractivity contribution is 5.78. The number of amides is 1. The maximum Gasteiger partial charge on any atom is 0.223 e. The standard InChI is InChI=1S/C18H27N3O/c1-13(9-20-18(22)14(2)17-10-19-11-17)21-8-7-15-5-3-4-6-16(15)12-21/h3-6,13-14,17,19H,7-12H2,1-2H3,(H,20,22). The van der Waals surface area contributed by atoms with E-state index in [0.29, 0.717) is 12.0 Å². The summed E-state index contributed by atoms with van der Waals surface area (Å²) in [5.41, 5.74) is 2.90. The number of fused-ring (bicyclic) bond motifs is 1.